The van der Waals surface area contributed by atoms with E-state index in [1.165, 1.54) is 10.9 Å². The van der Waals surface area contributed by atoms with Crippen molar-refractivity contribution in [3.8, 4) is 5.75 Å². The zero-order valence-electron chi connectivity index (χ0n) is 20.8. The van der Waals surface area contributed by atoms with Gasteiger partial charge in [0.2, 0.25) is 0 Å². The Kier molecular flexibility index (Phi) is 6.68. The third kappa shape index (κ3) is 4.86. The van der Waals surface area contributed by atoms with E-state index >= 15 is 0 Å². The molecule has 4 aromatic rings. The van der Waals surface area contributed by atoms with Gasteiger partial charge >= 0.3 is 0 Å². The fourth-order valence-corrected chi connectivity index (χ4v) is 4.96. The van der Waals surface area contributed by atoms with E-state index in [0.29, 0.717) is 11.1 Å². The van der Waals surface area contributed by atoms with Crippen LogP contribution in [0.1, 0.15) is 24.2 Å². The van der Waals surface area contributed by atoms with Crippen molar-refractivity contribution in [2.45, 2.75) is 26.2 Å². The first kappa shape index (κ1) is 23.3. The number of benzene rings is 2. The molecule has 1 fully saturated rings. The van der Waals surface area contributed by atoms with Crippen LogP contribution in [0.4, 0.5) is 5.82 Å². The molecule has 35 heavy (non-hydrogen) atoms. The SMILES string of the molecule is COc1ccc2nc(CCCCN3CCN(c4cc(C)c5ccccc5n4)CC3)n(C)c(=O)c2c1. The molecule has 7 heteroatoms. The summed E-state index contributed by atoms with van der Waals surface area (Å²) in [6.07, 6.45) is 2.89. The van der Waals surface area contributed by atoms with Crippen molar-refractivity contribution in [3.05, 3.63) is 70.3 Å². The van der Waals surface area contributed by atoms with Crippen LogP contribution in [0, 0.1) is 6.92 Å². The summed E-state index contributed by atoms with van der Waals surface area (Å²) in [5, 5.41) is 1.83. The number of hydrogen-bond donors (Lipinski definition) is 0. The number of piperazine rings is 1. The molecule has 7 nitrogen and oxygen atoms in total. The molecular formula is C28H33N5O2. The molecule has 1 saturated heterocycles. The molecule has 0 spiro atoms. The van der Waals surface area contributed by atoms with Crippen LogP contribution in [-0.4, -0.2) is 59.3 Å². The number of rotatable bonds is 7. The molecule has 0 amide bonds. The lowest BCUT2D eigenvalue weighted by Gasteiger charge is -2.35. The fraction of sp³-hybridized carbons (Fsp3) is 0.393. The molecule has 0 N–H and O–H groups in total. The van der Waals surface area contributed by atoms with Gasteiger partial charge in [0.15, 0.2) is 0 Å². The van der Waals surface area contributed by atoms with Crippen LogP contribution in [-0.2, 0) is 13.5 Å². The minimum Gasteiger partial charge on any atom is -0.497 e. The number of para-hydroxylation sites is 1. The first-order chi connectivity index (χ1) is 17.0. The van der Waals surface area contributed by atoms with Gasteiger partial charge < -0.3 is 9.64 Å². The number of unbranched alkanes of at least 4 members (excludes halogenated alkanes) is 1. The van der Waals surface area contributed by atoms with Gasteiger partial charge in [0.05, 0.1) is 23.5 Å². The largest absolute Gasteiger partial charge is 0.497 e. The Bertz CT molecular complexity index is 1410. The average Bonchev–Trinajstić information content (AvgIpc) is 2.89. The van der Waals surface area contributed by atoms with E-state index in [2.05, 4.69) is 47.1 Å². The van der Waals surface area contributed by atoms with Crippen molar-refractivity contribution in [2.24, 2.45) is 7.05 Å². The maximum atomic E-state index is 12.8. The Balaban J connectivity index is 1.14. The summed E-state index contributed by atoms with van der Waals surface area (Å²) in [5.74, 6) is 2.60. The minimum absolute atomic E-state index is 0.0161. The Labute approximate surface area is 206 Å². The lowest BCUT2D eigenvalue weighted by atomic mass is 10.1. The molecule has 1 aliphatic rings. The molecule has 3 heterocycles. The predicted octanol–water partition coefficient (Wildman–Crippen LogP) is 3.94. The highest BCUT2D eigenvalue weighted by molar-refractivity contribution is 5.84. The average molecular weight is 472 g/mol. The molecule has 0 unspecified atom stereocenters. The van der Waals surface area contributed by atoms with Crippen LogP contribution < -0.4 is 15.2 Å². The molecule has 182 valence electrons. The van der Waals surface area contributed by atoms with Crippen molar-refractivity contribution in [3.63, 3.8) is 0 Å². The number of ether oxygens (including phenoxy) is 1. The first-order valence-electron chi connectivity index (χ1n) is 12.4. The van der Waals surface area contributed by atoms with Gasteiger partial charge in [-0.3, -0.25) is 14.3 Å². The second-order valence-electron chi connectivity index (χ2n) is 9.38. The number of aromatic nitrogens is 3. The summed E-state index contributed by atoms with van der Waals surface area (Å²) in [7, 11) is 3.42. The van der Waals surface area contributed by atoms with Gasteiger partial charge in [0, 0.05) is 45.0 Å². The monoisotopic (exact) mass is 471 g/mol. The third-order valence-electron chi connectivity index (χ3n) is 7.11. The lowest BCUT2D eigenvalue weighted by Crippen LogP contribution is -2.47. The van der Waals surface area contributed by atoms with Crippen molar-refractivity contribution < 1.29 is 4.74 Å². The van der Waals surface area contributed by atoms with E-state index in [0.717, 1.165) is 74.7 Å². The van der Waals surface area contributed by atoms with Crippen LogP contribution in [0.2, 0.25) is 0 Å². The number of methoxy groups -OCH3 is 1. The van der Waals surface area contributed by atoms with Gasteiger partial charge in [0.25, 0.3) is 5.56 Å². The summed E-state index contributed by atoms with van der Waals surface area (Å²) in [6.45, 7) is 7.31. The Morgan fingerprint density at radius 2 is 1.69 bits per heavy atom. The standard InChI is InChI=1S/C28H33N5O2/c1-20-18-27(30-24-9-5-4-8-22(20)24)33-16-14-32(15-17-33)13-7-6-10-26-29-25-12-11-21(35-3)19-23(25)28(34)31(26)2/h4-5,8-9,11-12,18-19H,6-7,10,13-17H2,1-3H3. The highest BCUT2D eigenvalue weighted by Gasteiger charge is 2.19. The predicted molar refractivity (Wildman–Crippen MR) is 142 cm³/mol. The Hall–Kier alpha value is -3.45. The zero-order valence-corrected chi connectivity index (χ0v) is 20.8. The molecule has 0 aliphatic carbocycles. The Morgan fingerprint density at radius 1 is 0.914 bits per heavy atom. The van der Waals surface area contributed by atoms with E-state index in [4.69, 9.17) is 14.7 Å². The van der Waals surface area contributed by atoms with Crippen molar-refractivity contribution >= 4 is 27.6 Å². The van der Waals surface area contributed by atoms with Crippen LogP contribution in [0.3, 0.4) is 0 Å². The molecule has 5 rings (SSSR count). The van der Waals surface area contributed by atoms with Gasteiger partial charge in [-0.05, 0) is 62.2 Å². The number of anilines is 1. The number of hydrogen-bond acceptors (Lipinski definition) is 6. The van der Waals surface area contributed by atoms with Crippen molar-refractivity contribution in [1.29, 1.82) is 0 Å². The molecular weight excluding hydrogens is 438 g/mol. The van der Waals surface area contributed by atoms with E-state index in [-0.39, 0.29) is 5.56 Å². The number of fused-ring (bicyclic) bond motifs is 2. The van der Waals surface area contributed by atoms with Gasteiger partial charge in [0.1, 0.15) is 17.4 Å². The molecule has 2 aromatic heterocycles. The molecule has 2 aromatic carbocycles. The van der Waals surface area contributed by atoms with Crippen LogP contribution in [0.25, 0.3) is 21.8 Å². The van der Waals surface area contributed by atoms with Crippen LogP contribution in [0.15, 0.2) is 53.3 Å². The highest BCUT2D eigenvalue weighted by Crippen LogP contribution is 2.23. The highest BCUT2D eigenvalue weighted by atomic mass is 16.5. The summed E-state index contributed by atoms with van der Waals surface area (Å²) in [5.41, 5.74) is 3.07. The summed E-state index contributed by atoms with van der Waals surface area (Å²) >= 11 is 0. The smallest absolute Gasteiger partial charge is 0.261 e. The summed E-state index contributed by atoms with van der Waals surface area (Å²) < 4.78 is 6.93. The summed E-state index contributed by atoms with van der Waals surface area (Å²) in [4.78, 5) is 27.4. The van der Waals surface area contributed by atoms with E-state index in [1.54, 1.807) is 17.7 Å². The fourth-order valence-electron chi connectivity index (χ4n) is 4.96. The number of aryl methyl sites for hydroxylation is 2. The Morgan fingerprint density at radius 3 is 2.49 bits per heavy atom. The maximum absolute atomic E-state index is 12.8. The normalized spacial score (nSPS) is 14.7. The van der Waals surface area contributed by atoms with Crippen molar-refractivity contribution in [2.75, 3.05) is 44.7 Å². The number of pyridine rings is 1. The first-order valence-corrected chi connectivity index (χ1v) is 12.4. The molecule has 0 atom stereocenters. The third-order valence-corrected chi connectivity index (χ3v) is 7.11. The van der Waals surface area contributed by atoms with E-state index < -0.39 is 0 Å². The molecule has 0 bridgehead atoms. The van der Waals surface area contributed by atoms with Gasteiger partial charge in [-0.2, -0.15) is 0 Å². The topological polar surface area (TPSA) is 63.5 Å². The molecule has 0 radical (unpaired) electrons. The summed E-state index contributed by atoms with van der Waals surface area (Å²) in [6, 6.07) is 16.1. The second-order valence-corrected chi connectivity index (χ2v) is 9.38. The second kappa shape index (κ2) is 10.0. The van der Waals surface area contributed by atoms with Gasteiger partial charge in [-0.1, -0.05) is 18.2 Å². The van der Waals surface area contributed by atoms with Crippen LogP contribution >= 0.6 is 0 Å². The van der Waals surface area contributed by atoms with Crippen LogP contribution in [0.5, 0.6) is 5.75 Å². The van der Waals surface area contributed by atoms with E-state index in [9.17, 15) is 4.79 Å². The zero-order chi connectivity index (χ0) is 24.4. The number of nitrogens with zero attached hydrogens (tertiary/aromatic N) is 5. The minimum atomic E-state index is -0.0161. The molecule has 1 aliphatic heterocycles. The van der Waals surface area contributed by atoms with Gasteiger partial charge in [-0.15, -0.1) is 0 Å². The molecule has 0 saturated carbocycles. The van der Waals surface area contributed by atoms with E-state index in [1.807, 2.05) is 19.2 Å². The lowest BCUT2D eigenvalue weighted by molar-refractivity contribution is 0.252. The quantitative estimate of drug-likeness (QED) is 0.381. The van der Waals surface area contributed by atoms with Crippen molar-refractivity contribution in [1.82, 2.24) is 19.4 Å². The van der Waals surface area contributed by atoms with Gasteiger partial charge in [-0.25, -0.2) is 9.97 Å². The maximum Gasteiger partial charge on any atom is 0.261 e.